The van der Waals surface area contributed by atoms with Crippen molar-refractivity contribution in [2.24, 2.45) is 0 Å². The number of esters is 1. The van der Waals surface area contributed by atoms with Gasteiger partial charge in [0.15, 0.2) is 6.04 Å². The van der Waals surface area contributed by atoms with Gasteiger partial charge in [0.05, 0.1) is 12.5 Å². The van der Waals surface area contributed by atoms with E-state index in [1.165, 1.54) is 0 Å². The lowest BCUT2D eigenvalue weighted by Crippen LogP contribution is -2.58. The number of carbonyl (C=O) groups excluding carboxylic acids is 3. The highest BCUT2D eigenvalue weighted by Crippen LogP contribution is 2.44. The molecule has 4 rings (SSSR count). The summed E-state index contributed by atoms with van der Waals surface area (Å²) in [5, 5.41) is 12.3. The predicted octanol–water partition coefficient (Wildman–Crippen LogP) is 4.06. The maximum atomic E-state index is 13.8. The number of nitrogens with one attached hydrogen (secondary N) is 1. The largest absolute Gasteiger partial charge is 0.480 e. The molecule has 2 aromatic rings. The summed E-state index contributed by atoms with van der Waals surface area (Å²) in [6.07, 6.45) is -2.25. The number of carboxylic acids is 1. The van der Waals surface area contributed by atoms with Crippen LogP contribution >= 0.6 is 0 Å². The Morgan fingerprint density at radius 3 is 2.10 bits per heavy atom. The first kappa shape index (κ1) is 29.1. The third-order valence-corrected chi connectivity index (χ3v) is 6.99. The molecule has 0 spiro atoms. The van der Waals surface area contributed by atoms with Crippen LogP contribution in [-0.4, -0.2) is 70.1 Å². The van der Waals surface area contributed by atoms with E-state index in [1.807, 2.05) is 48.5 Å². The molecule has 0 radical (unpaired) electrons. The summed E-state index contributed by atoms with van der Waals surface area (Å²) in [6.45, 7) is 9.71. The molecule has 1 aliphatic carbocycles. The number of aliphatic carboxylic acids is 1. The second-order valence-electron chi connectivity index (χ2n) is 11.6. The summed E-state index contributed by atoms with van der Waals surface area (Å²) in [7, 11) is 0. The highest BCUT2D eigenvalue weighted by Gasteiger charge is 2.53. The van der Waals surface area contributed by atoms with E-state index in [4.69, 9.17) is 14.2 Å². The number of carboxylic acid groups (broad SMARTS) is 1. The molecular formula is C30H36N2O8. The van der Waals surface area contributed by atoms with Crippen LogP contribution in [0.5, 0.6) is 0 Å². The molecule has 0 saturated carbocycles. The van der Waals surface area contributed by atoms with Gasteiger partial charge >= 0.3 is 18.0 Å². The molecule has 2 N–H and O–H groups in total. The molecule has 0 aromatic heterocycles. The van der Waals surface area contributed by atoms with E-state index in [1.54, 1.807) is 41.5 Å². The van der Waals surface area contributed by atoms with E-state index in [-0.39, 0.29) is 12.5 Å². The molecule has 10 heteroatoms. The van der Waals surface area contributed by atoms with E-state index >= 15 is 0 Å². The van der Waals surface area contributed by atoms with E-state index in [0.717, 1.165) is 27.2 Å². The number of alkyl carbamates (subject to hydrolysis) is 1. The molecule has 1 heterocycles. The lowest BCUT2D eigenvalue weighted by molar-refractivity contribution is -0.162. The van der Waals surface area contributed by atoms with Gasteiger partial charge < -0.3 is 24.6 Å². The number of fused-ring (bicyclic) bond motifs is 3. The van der Waals surface area contributed by atoms with Gasteiger partial charge in [-0.15, -0.1) is 0 Å². The molecule has 10 nitrogen and oxygen atoms in total. The third-order valence-electron chi connectivity index (χ3n) is 6.99. The lowest BCUT2D eigenvalue weighted by Gasteiger charge is -2.35. The summed E-state index contributed by atoms with van der Waals surface area (Å²) in [6, 6.07) is 13.0. The molecule has 40 heavy (non-hydrogen) atoms. The molecular weight excluding hydrogens is 516 g/mol. The van der Waals surface area contributed by atoms with Crippen molar-refractivity contribution >= 4 is 23.9 Å². The van der Waals surface area contributed by atoms with Crippen molar-refractivity contribution < 1.29 is 38.5 Å². The zero-order valence-electron chi connectivity index (χ0n) is 23.6. The van der Waals surface area contributed by atoms with E-state index in [9.17, 15) is 24.3 Å². The van der Waals surface area contributed by atoms with Crippen LogP contribution in [0, 0.1) is 0 Å². The van der Waals surface area contributed by atoms with E-state index < -0.39 is 59.9 Å². The second-order valence-corrected chi connectivity index (χ2v) is 11.6. The van der Waals surface area contributed by atoms with Crippen LogP contribution in [0.4, 0.5) is 4.79 Å². The van der Waals surface area contributed by atoms with Crippen LogP contribution < -0.4 is 5.32 Å². The quantitative estimate of drug-likeness (QED) is 0.492. The Labute approximate surface area is 233 Å². The highest BCUT2D eigenvalue weighted by molar-refractivity contribution is 5.93. The standard InChI is InChI=1S/C30H36N2O8/c1-17-25(27(35)36)32(30(5,6)39-17)26(34)23(15-24(33)40-29(2,3)4)31-28(37)38-16-22-20-13-9-7-11-18(20)19-12-8-10-14-21(19)22/h7-14,17,22-23,25H,15-16H2,1-6H3,(H,31,37)(H,35,36). The van der Waals surface area contributed by atoms with Crippen LogP contribution in [0.3, 0.4) is 0 Å². The monoisotopic (exact) mass is 552 g/mol. The van der Waals surface area contributed by atoms with Gasteiger partial charge in [-0.3, -0.25) is 14.5 Å². The first-order valence-electron chi connectivity index (χ1n) is 13.3. The maximum absolute atomic E-state index is 13.8. The summed E-state index contributed by atoms with van der Waals surface area (Å²) in [4.78, 5) is 52.6. The smallest absolute Gasteiger partial charge is 0.407 e. The minimum Gasteiger partial charge on any atom is -0.480 e. The molecule has 2 aliphatic rings. The van der Waals surface area contributed by atoms with Gasteiger partial charge in [-0.25, -0.2) is 9.59 Å². The van der Waals surface area contributed by atoms with Gasteiger partial charge in [0, 0.05) is 5.92 Å². The number of amides is 2. The number of nitrogens with zero attached hydrogens (tertiary/aromatic N) is 1. The summed E-state index contributed by atoms with van der Waals surface area (Å²) in [5.74, 6) is -2.99. The van der Waals surface area contributed by atoms with Crippen LogP contribution in [0.1, 0.15) is 65.0 Å². The Morgan fingerprint density at radius 2 is 1.57 bits per heavy atom. The van der Waals surface area contributed by atoms with Gasteiger partial charge in [0.1, 0.15) is 24.0 Å². The molecule has 2 amide bonds. The highest BCUT2D eigenvalue weighted by atomic mass is 16.6. The normalized spacial score (nSPS) is 20.3. The summed E-state index contributed by atoms with van der Waals surface area (Å²) < 4.78 is 16.7. The number of hydrogen-bond donors (Lipinski definition) is 2. The van der Waals surface area contributed by atoms with Crippen molar-refractivity contribution in [2.45, 2.75) is 83.4 Å². The number of ether oxygens (including phenoxy) is 3. The van der Waals surface area contributed by atoms with Crippen molar-refractivity contribution in [3.8, 4) is 11.1 Å². The van der Waals surface area contributed by atoms with Gasteiger partial charge in [-0.05, 0) is 63.8 Å². The van der Waals surface area contributed by atoms with Crippen LogP contribution in [0.15, 0.2) is 48.5 Å². The van der Waals surface area contributed by atoms with Crippen molar-refractivity contribution in [3.05, 3.63) is 59.7 Å². The van der Waals surface area contributed by atoms with Gasteiger partial charge in [-0.2, -0.15) is 0 Å². The molecule has 0 bridgehead atoms. The molecule has 1 saturated heterocycles. The molecule has 2 aromatic carbocycles. The molecule has 1 aliphatic heterocycles. The topological polar surface area (TPSA) is 131 Å². The minimum absolute atomic E-state index is 0.000309. The average Bonchev–Trinajstić information content (AvgIpc) is 3.30. The van der Waals surface area contributed by atoms with Crippen molar-refractivity contribution in [3.63, 3.8) is 0 Å². The fraction of sp³-hybridized carbons (Fsp3) is 0.467. The molecule has 3 unspecified atom stereocenters. The number of rotatable bonds is 7. The van der Waals surface area contributed by atoms with E-state index in [2.05, 4.69) is 5.32 Å². The summed E-state index contributed by atoms with van der Waals surface area (Å²) >= 11 is 0. The minimum atomic E-state index is -1.44. The fourth-order valence-electron chi connectivity index (χ4n) is 5.53. The van der Waals surface area contributed by atoms with Crippen LogP contribution in [-0.2, 0) is 28.6 Å². The molecule has 3 atom stereocenters. The molecule has 1 fully saturated rings. The Kier molecular flexibility index (Phi) is 7.94. The van der Waals surface area contributed by atoms with Crippen LogP contribution in [0.25, 0.3) is 11.1 Å². The Hall–Kier alpha value is -3.92. The predicted molar refractivity (Wildman–Crippen MR) is 145 cm³/mol. The average molecular weight is 553 g/mol. The van der Waals surface area contributed by atoms with E-state index in [0.29, 0.717) is 0 Å². The SMILES string of the molecule is CC1OC(C)(C)N(C(=O)C(CC(=O)OC(C)(C)C)NC(=O)OCC2c3ccccc3-c3ccccc32)C1C(=O)O. The lowest BCUT2D eigenvalue weighted by atomic mass is 9.98. The third kappa shape index (κ3) is 5.96. The van der Waals surface area contributed by atoms with Crippen LogP contribution in [0.2, 0.25) is 0 Å². The number of carbonyl (C=O) groups is 4. The summed E-state index contributed by atoms with van der Waals surface area (Å²) in [5.41, 5.74) is 2.04. The van der Waals surface area contributed by atoms with Crippen molar-refractivity contribution in [2.75, 3.05) is 6.61 Å². The first-order valence-corrected chi connectivity index (χ1v) is 13.3. The fourth-order valence-corrected chi connectivity index (χ4v) is 5.53. The first-order chi connectivity index (χ1) is 18.7. The number of hydrogen-bond acceptors (Lipinski definition) is 7. The van der Waals surface area contributed by atoms with Gasteiger partial charge in [-0.1, -0.05) is 48.5 Å². The Bertz CT molecular complexity index is 1270. The zero-order chi connectivity index (χ0) is 29.4. The van der Waals surface area contributed by atoms with Gasteiger partial charge in [0.25, 0.3) is 0 Å². The Balaban J connectivity index is 1.54. The van der Waals surface area contributed by atoms with Crippen molar-refractivity contribution in [1.29, 1.82) is 0 Å². The van der Waals surface area contributed by atoms with Crippen molar-refractivity contribution in [1.82, 2.24) is 10.2 Å². The maximum Gasteiger partial charge on any atom is 0.407 e. The number of benzene rings is 2. The Morgan fingerprint density at radius 1 is 1.02 bits per heavy atom. The zero-order valence-corrected chi connectivity index (χ0v) is 23.6. The molecule has 214 valence electrons. The second kappa shape index (κ2) is 10.9. The van der Waals surface area contributed by atoms with Gasteiger partial charge in [0.2, 0.25) is 5.91 Å².